The van der Waals surface area contributed by atoms with Crippen LogP contribution < -0.4 is 15.2 Å². The van der Waals surface area contributed by atoms with Gasteiger partial charge in [-0.25, -0.2) is 9.97 Å². The van der Waals surface area contributed by atoms with Crippen molar-refractivity contribution in [2.24, 2.45) is 5.73 Å². The van der Waals surface area contributed by atoms with Crippen LogP contribution >= 0.6 is 0 Å². The van der Waals surface area contributed by atoms with Crippen LogP contribution in [-0.4, -0.2) is 35.3 Å². The molecule has 1 aromatic heterocycles. The number of methoxy groups -OCH3 is 2. The Labute approximate surface area is 127 Å². The summed E-state index contributed by atoms with van der Waals surface area (Å²) in [4.78, 5) is 19.1. The number of hydrogen-bond donors (Lipinski definition) is 2. The Hall–Kier alpha value is -2.67. The standard InChI is InChI=1S/C15H17N3O4/c1-21-11-3-9(4-12(5-11)22-2)15-17-7-10(8-18-15)13(16)6-14(19)20/h3-5,7-8,13H,6,16H2,1-2H3,(H,19,20)/t13-/m1/s1. The zero-order chi connectivity index (χ0) is 16.1. The molecule has 0 aliphatic carbocycles. The number of nitrogens with two attached hydrogens (primary N) is 1. The Morgan fingerprint density at radius 2 is 1.73 bits per heavy atom. The summed E-state index contributed by atoms with van der Waals surface area (Å²) in [6.07, 6.45) is 2.89. The number of aromatic nitrogens is 2. The van der Waals surface area contributed by atoms with Crippen LogP contribution in [0.15, 0.2) is 30.6 Å². The second-order valence-electron chi connectivity index (χ2n) is 4.65. The first kappa shape index (κ1) is 15.7. The van der Waals surface area contributed by atoms with Gasteiger partial charge in [0.25, 0.3) is 0 Å². The van der Waals surface area contributed by atoms with Crippen molar-refractivity contribution in [3.63, 3.8) is 0 Å². The Morgan fingerprint density at radius 3 is 2.18 bits per heavy atom. The summed E-state index contributed by atoms with van der Waals surface area (Å²) in [6, 6.07) is 4.69. The molecule has 7 heteroatoms. The molecule has 0 fully saturated rings. The van der Waals surface area contributed by atoms with Gasteiger partial charge >= 0.3 is 5.97 Å². The van der Waals surface area contributed by atoms with Crippen molar-refractivity contribution in [2.75, 3.05) is 14.2 Å². The van der Waals surface area contributed by atoms with Crippen LogP contribution in [0.5, 0.6) is 11.5 Å². The first-order valence-electron chi connectivity index (χ1n) is 6.56. The molecule has 2 aromatic rings. The van der Waals surface area contributed by atoms with Crippen molar-refractivity contribution in [1.82, 2.24) is 9.97 Å². The average Bonchev–Trinajstić information content (AvgIpc) is 2.53. The molecule has 2 rings (SSSR count). The highest BCUT2D eigenvalue weighted by atomic mass is 16.5. The molecule has 7 nitrogen and oxygen atoms in total. The van der Waals surface area contributed by atoms with E-state index >= 15 is 0 Å². The number of benzene rings is 1. The summed E-state index contributed by atoms with van der Waals surface area (Å²) < 4.78 is 10.4. The van der Waals surface area contributed by atoms with E-state index in [9.17, 15) is 4.79 Å². The fourth-order valence-corrected chi connectivity index (χ4v) is 1.92. The van der Waals surface area contributed by atoms with Crippen molar-refractivity contribution < 1.29 is 19.4 Å². The SMILES string of the molecule is COc1cc(OC)cc(-c2ncc([C@H](N)CC(=O)O)cn2)c1. The molecule has 0 radical (unpaired) electrons. The first-order chi connectivity index (χ1) is 10.5. The zero-order valence-corrected chi connectivity index (χ0v) is 12.3. The monoisotopic (exact) mass is 303 g/mol. The van der Waals surface area contributed by atoms with E-state index in [4.69, 9.17) is 20.3 Å². The maximum absolute atomic E-state index is 10.7. The minimum absolute atomic E-state index is 0.171. The van der Waals surface area contributed by atoms with Crippen LogP contribution in [0.3, 0.4) is 0 Å². The zero-order valence-electron chi connectivity index (χ0n) is 12.3. The number of aliphatic carboxylic acids is 1. The molecular weight excluding hydrogens is 286 g/mol. The topological polar surface area (TPSA) is 108 Å². The Bertz CT molecular complexity index is 636. The van der Waals surface area contributed by atoms with Crippen molar-refractivity contribution in [2.45, 2.75) is 12.5 Å². The summed E-state index contributed by atoms with van der Waals surface area (Å²) >= 11 is 0. The maximum Gasteiger partial charge on any atom is 0.305 e. The van der Waals surface area contributed by atoms with E-state index in [-0.39, 0.29) is 6.42 Å². The molecule has 1 heterocycles. The van der Waals surface area contributed by atoms with Crippen LogP contribution in [0.4, 0.5) is 0 Å². The van der Waals surface area contributed by atoms with E-state index in [1.165, 1.54) is 12.4 Å². The molecule has 0 saturated carbocycles. The lowest BCUT2D eigenvalue weighted by Gasteiger charge is -2.10. The number of nitrogens with zero attached hydrogens (tertiary/aromatic N) is 2. The Kier molecular flexibility index (Phi) is 4.90. The smallest absolute Gasteiger partial charge is 0.305 e. The van der Waals surface area contributed by atoms with Gasteiger partial charge in [0, 0.05) is 35.6 Å². The molecular formula is C15H17N3O4. The summed E-state index contributed by atoms with van der Waals surface area (Å²) in [5.74, 6) is 0.770. The second kappa shape index (κ2) is 6.86. The quantitative estimate of drug-likeness (QED) is 0.835. The van der Waals surface area contributed by atoms with Gasteiger partial charge in [0.15, 0.2) is 5.82 Å². The fraction of sp³-hybridized carbons (Fsp3) is 0.267. The van der Waals surface area contributed by atoms with E-state index < -0.39 is 12.0 Å². The number of carboxylic acids is 1. The molecule has 0 aliphatic heterocycles. The number of hydrogen-bond acceptors (Lipinski definition) is 6. The molecule has 1 atom stereocenters. The van der Waals surface area contributed by atoms with Crippen LogP contribution in [-0.2, 0) is 4.79 Å². The highest BCUT2D eigenvalue weighted by Crippen LogP contribution is 2.28. The second-order valence-corrected chi connectivity index (χ2v) is 4.65. The molecule has 0 saturated heterocycles. The molecule has 3 N–H and O–H groups in total. The van der Waals surface area contributed by atoms with Crippen molar-refractivity contribution in [1.29, 1.82) is 0 Å². The van der Waals surface area contributed by atoms with Gasteiger partial charge in [-0.3, -0.25) is 4.79 Å². The van der Waals surface area contributed by atoms with Gasteiger partial charge in [0.05, 0.1) is 20.6 Å². The van der Waals surface area contributed by atoms with E-state index in [2.05, 4.69) is 9.97 Å². The Balaban J connectivity index is 2.28. The largest absolute Gasteiger partial charge is 0.497 e. The lowest BCUT2D eigenvalue weighted by Crippen LogP contribution is -2.15. The first-order valence-corrected chi connectivity index (χ1v) is 6.56. The normalized spacial score (nSPS) is 11.8. The lowest BCUT2D eigenvalue weighted by molar-refractivity contribution is -0.137. The van der Waals surface area contributed by atoms with Crippen molar-refractivity contribution in [3.8, 4) is 22.9 Å². The minimum atomic E-state index is -0.964. The third-order valence-electron chi connectivity index (χ3n) is 3.10. The van der Waals surface area contributed by atoms with Crippen LogP contribution in [0, 0.1) is 0 Å². The van der Waals surface area contributed by atoms with Crippen molar-refractivity contribution >= 4 is 5.97 Å². The number of ether oxygens (including phenoxy) is 2. The third-order valence-corrected chi connectivity index (χ3v) is 3.10. The van der Waals surface area contributed by atoms with E-state index in [0.29, 0.717) is 22.9 Å². The maximum atomic E-state index is 10.7. The molecule has 116 valence electrons. The van der Waals surface area contributed by atoms with E-state index in [1.807, 2.05) is 0 Å². The van der Waals surface area contributed by atoms with Gasteiger partial charge in [-0.15, -0.1) is 0 Å². The van der Waals surface area contributed by atoms with Gasteiger partial charge in [0.1, 0.15) is 11.5 Å². The molecule has 22 heavy (non-hydrogen) atoms. The summed E-state index contributed by atoms with van der Waals surface area (Å²) in [5.41, 5.74) is 7.08. The Morgan fingerprint density at radius 1 is 1.18 bits per heavy atom. The number of carboxylic acid groups (broad SMARTS) is 1. The molecule has 1 aromatic carbocycles. The molecule has 0 aliphatic rings. The predicted molar refractivity (Wildman–Crippen MR) is 79.8 cm³/mol. The fourth-order valence-electron chi connectivity index (χ4n) is 1.92. The van der Waals surface area contributed by atoms with Gasteiger partial charge in [-0.1, -0.05) is 0 Å². The lowest BCUT2D eigenvalue weighted by atomic mass is 10.1. The van der Waals surface area contributed by atoms with Gasteiger partial charge in [0.2, 0.25) is 0 Å². The minimum Gasteiger partial charge on any atom is -0.497 e. The van der Waals surface area contributed by atoms with E-state index in [1.54, 1.807) is 32.4 Å². The predicted octanol–water partition coefficient (Wildman–Crippen LogP) is 1.64. The highest BCUT2D eigenvalue weighted by Gasteiger charge is 2.12. The van der Waals surface area contributed by atoms with Gasteiger partial charge in [-0.05, 0) is 12.1 Å². The highest BCUT2D eigenvalue weighted by molar-refractivity contribution is 5.68. The van der Waals surface area contributed by atoms with Gasteiger partial charge < -0.3 is 20.3 Å². The average molecular weight is 303 g/mol. The van der Waals surface area contributed by atoms with Gasteiger partial charge in [-0.2, -0.15) is 0 Å². The molecule has 0 amide bonds. The summed E-state index contributed by atoms with van der Waals surface area (Å²) in [6.45, 7) is 0. The molecule has 0 spiro atoms. The molecule has 0 bridgehead atoms. The van der Waals surface area contributed by atoms with Crippen LogP contribution in [0.25, 0.3) is 11.4 Å². The summed E-state index contributed by atoms with van der Waals surface area (Å²) in [5, 5.41) is 8.74. The number of carbonyl (C=O) groups is 1. The molecule has 0 unspecified atom stereocenters. The van der Waals surface area contributed by atoms with Crippen LogP contribution in [0.2, 0.25) is 0 Å². The van der Waals surface area contributed by atoms with Crippen molar-refractivity contribution in [3.05, 3.63) is 36.2 Å². The number of rotatable bonds is 6. The van der Waals surface area contributed by atoms with Crippen LogP contribution in [0.1, 0.15) is 18.0 Å². The summed E-state index contributed by atoms with van der Waals surface area (Å²) in [7, 11) is 3.13. The third kappa shape index (κ3) is 3.70. The van der Waals surface area contributed by atoms with E-state index in [0.717, 1.165) is 5.56 Å².